The molecule has 0 heterocycles. The zero-order valence-corrected chi connectivity index (χ0v) is 13.5. The summed E-state index contributed by atoms with van der Waals surface area (Å²) in [6, 6.07) is 10.5. The van der Waals surface area contributed by atoms with Gasteiger partial charge in [0.1, 0.15) is 5.60 Å². The molecule has 0 saturated heterocycles. The van der Waals surface area contributed by atoms with Crippen LogP contribution in [0.15, 0.2) is 30.3 Å². The fraction of sp³-hybridized carbons (Fsp3) is 0.611. The first-order chi connectivity index (χ1) is 9.28. The summed E-state index contributed by atoms with van der Waals surface area (Å²) in [5, 5.41) is 0. The summed E-state index contributed by atoms with van der Waals surface area (Å²) in [4.78, 5) is 11.9. The van der Waals surface area contributed by atoms with E-state index in [0.717, 1.165) is 19.3 Å². The standard InChI is InChI=1S/C18H28O2/c1-14(11-12-16-9-7-6-8-10-16)13-15(2)17(19)20-18(3,4)5/h6-10,14-15H,11-13H2,1-5H3/t14-,15+/m1/s1. The average Bonchev–Trinajstić information content (AvgIpc) is 2.35. The molecule has 0 radical (unpaired) electrons. The number of esters is 1. The van der Waals surface area contributed by atoms with Crippen LogP contribution < -0.4 is 0 Å². The van der Waals surface area contributed by atoms with Gasteiger partial charge < -0.3 is 4.74 Å². The quantitative estimate of drug-likeness (QED) is 0.708. The largest absolute Gasteiger partial charge is 0.460 e. The smallest absolute Gasteiger partial charge is 0.309 e. The second-order valence-electron chi connectivity index (χ2n) is 6.80. The number of hydrogen-bond acceptors (Lipinski definition) is 2. The number of carbonyl (C=O) groups is 1. The van der Waals surface area contributed by atoms with Crippen LogP contribution >= 0.6 is 0 Å². The van der Waals surface area contributed by atoms with Gasteiger partial charge in [-0.2, -0.15) is 0 Å². The van der Waals surface area contributed by atoms with Gasteiger partial charge in [-0.15, -0.1) is 0 Å². The van der Waals surface area contributed by atoms with Crippen LogP contribution in [0.3, 0.4) is 0 Å². The minimum absolute atomic E-state index is 0.0278. The molecule has 0 unspecified atom stereocenters. The van der Waals surface area contributed by atoms with Gasteiger partial charge in [0.25, 0.3) is 0 Å². The molecule has 0 aliphatic carbocycles. The predicted molar refractivity (Wildman–Crippen MR) is 83.6 cm³/mol. The van der Waals surface area contributed by atoms with Crippen molar-refractivity contribution in [2.75, 3.05) is 0 Å². The first-order valence-corrected chi connectivity index (χ1v) is 7.54. The molecule has 0 amide bonds. The summed E-state index contributed by atoms with van der Waals surface area (Å²) >= 11 is 0. The van der Waals surface area contributed by atoms with Crippen LogP contribution in [0.2, 0.25) is 0 Å². The van der Waals surface area contributed by atoms with Gasteiger partial charge in [0.15, 0.2) is 0 Å². The van der Waals surface area contributed by atoms with Crippen molar-refractivity contribution in [2.24, 2.45) is 11.8 Å². The van der Waals surface area contributed by atoms with Crippen LogP contribution in [-0.2, 0) is 16.0 Å². The lowest BCUT2D eigenvalue weighted by Crippen LogP contribution is -2.28. The normalized spacial score (nSPS) is 14.7. The molecule has 1 rings (SSSR count). The molecule has 0 aromatic heterocycles. The maximum atomic E-state index is 11.9. The van der Waals surface area contributed by atoms with Crippen molar-refractivity contribution in [1.29, 1.82) is 0 Å². The van der Waals surface area contributed by atoms with Crippen molar-refractivity contribution in [3.8, 4) is 0 Å². The predicted octanol–water partition coefficient (Wildman–Crippen LogP) is 4.62. The van der Waals surface area contributed by atoms with Crippen molar-refractivity contribution < 1.29 is 9.53 Å². The van der Waals surface area contributed by atoms with Crippen LogP contribution in [0.1, 0.15) is 53.0 Å². The van der Waals surface area contributed by atoms with Gasteiger partial charge in [-0.05, 0) is 51.5 Å². The van der Waals surface area contributed by atoms with E-state index in [1.165, 1.54) is 5.56 Å². The number of aryl methyl sites for hydroxylation is 1. The molecule has 20 heavy (non-hydrogen) atoms. The van der Waals surface area contributed by atoms with Gasteiger partial charge in [-0.3, -0.25) is 4.79 Å². The number of rotatable bonds is 6. The highest BCUT2D eigenvalue weighted by Gasteiger charge is 2.23. The summed E-state index contributed by atoms with van der Waals surface area (Å²) in [5.41, 5.74) is 0.975. The van der Waals surface area contributed by atoms with Crippen molar-refractivity contribution in [3.05, 3.63) is 35.9 Å². The van der Waals surface area contributed by atoms with Crippen molar-refractivity contribution in [3.63, 3.8) is 0 Å². The Hall–Kier alpha value is -1.31. The van der Waals surface area contributed by atoms with Crippen molar-refractivity contribution >= 4 is 5.97 Å². The monoisotopic (exact) mass is 276 g/mol. The zero-order chi connectivity index (χ0) is 15.2. The zero-order valence-electron chi connectivity index (χ0n) is 13.5. The van der Waals surface area contributed by atoms with Gasteiger partial charge in [-0.1, -0.05) is 44.2 Å². The van der Waals surface area contributed by atoms with Crippen molar-refractivity contribution in [1.82, 2.24) is 0 Å². The first-order valence-electron chi connectivity index (χ1n) is 7.54. The van der Waals surface area contributed by atoms with E-state index in [2.05, 4.69) is 31.2 Å². The summed E-state index contributed by atoms with van der Waals surface area (Å²) in [6.07, 6.45) is 3.07. The Balaban J connectivity index is 2.34. The number of hydrogen-bond donors (Lipinski definition) is 0. The second-order valence-corrected chi connectivity index (χ2v) is 6.80. The highest BCUT2D eigenvalue weighted by Crippen LogP contribution is 2.20. The van der Waals surface area contributed by atoms with Gasteiger partial charge in [0, 0.05) is 0 Å². The Bertz CT molecular complexity index is 403. The Labute approximate surface area is 123 Å². The molecule has 0 N–H and O–H groups in total. The van der Waals surface area contributed by atoms with Crippen LogP contribution in [0, 0.1) is 11.8 Å². The topological polar surface area (TPSA) is 26.3 Å². The van der Waals surface area contributed by atoms with Crippen LogP contribution in [0.4, 0.5) is 0 Å². The molecular weight excluding hydrogens is 248 g/mol. The van der Waals surface area contributed by atoms with E-state index in [9.17, 15) is 4.79 Å². The Morgan fingerprint density at radius 2 is 1.75 bits per heavy atom. The minimum Gasteiger partial charge on any atom is -0.460 e. The van der Waals surface area contributed by atoms with E-state index in [-0.39, 0.29) is 11.9 Å². The molecule has 1 aromatic carbocycles. The van der Waals surface area contributed by atoms with Crippen LogP contribution in [0.25, 0.3) is 0 Å². The number of ether oxygens (including phenoxy) is 1. The van der Waals surface area contributed by atoms with E-state index < -0.39 is 5.60 Å². The molecule has 2 nitrogen and oxygen atoms in total. The molecule has 2 heteroatoms. The molecule has 2 atom stereocenters. The molecule has 112 valence electrons. The SMILES string of the molecule is C[C@H](CCc1ccccc1)C[C@H](C)C(=O)OC(C)(C)C. The summed E-state index contributed by atoms with van der Waals surface area (Å²) in [7, 11) is 0. The van der Waals surface area contributed by atoms with E-state index >= 15 is 0 Å². The molecule has 0 spiro atoms. The van der Waals surface area contributed by atoms with Gasteiger partial charge in [-0.25, -0.2) is 0 Å². The molecule has 1 aromatic rings. The molecular formula is C18H28O2. The van der Waals surface area contributed by atoms with E-state index in [0.29, 0.717) is 5.92 Å². The Morgan fingerprint density at radius 1 is 1.15 bits per heavy atom. The lowest BCUT2D eigenvalue weighted by molar-refractivity contribution is -0.159. The maximum Gasteiger partial charge on any atom is 0.309 e. The lowest BCUT2D eigenvalue weighted by Gasteiger charge is -2.23. The third-order valence-electron chi connectivity index (χ3n) is 3.33. The highest BCUT2D eigenvalue weighted by atomic mass is 16.6. The number of carbonyl (C=O) groups excluding carboxylic acids is 1. The fourth-order valence-electron chi connectivity index (χ4n) is 2.28. The highest BCUT2D eigenvalue weighted by molar-refractivity contribution is 5.72. The first kappa shape index (κ1) is 16.7. The van der Waals surface area contributed by atoms with Crippen LogP contribution in [0.5, 0.6) is 0 Å². The van der Waals surface area contributed by atoms with E-state index in [4.69, 9.17) is 4.74 Å². The third kappa shape index (κ3) is 6.74. The Morgan fingerprint density at radius 3 is 2.30 bits per heavy atom. The molecule has 0 fully saturated rings. The van der Waals surface area contributed by atoms with Gasteiger partial charge in [0.2, 0.25) is 0 Å². The fourth-order valence-corrected chi connectivity index (χ4v) is 2.28. The van der Waals surface area contributed by atoms with Gasteiger partial charge >= 0.3 is 5.97 Å². The molecule has 0 aliphatic rings. The number of benzene rings is 1. The summed E-state index contributed by atoms with van der Waals surface area (Å²) in [6.45, 7) is 9.92. The molecule has 0 saturated carbocycles. The Kier molecular flexibility index (Phi) is 6.25. The molecule has 0 aliphatic heterocycles. The van der Waals surface area contributed by atoms with E-state index in [1.807, 2.05) is 33.8 Å². The third-order valence-corrected chi connectivity index (χ3v) is 3.33. The molecule has 0 bridgehead atoms. The average molecular weight is 276 g/mol. The lowest BCUT2D eigenvalue weighted by atomic mass is 9.92. The second kappa shape index (κ2) is 7.47. The summed E-state index contributed by atoms with van der Waals surface area (Å²) < 4.78 is 5.42. The van der Waals surface area contributed by atoms with Crippen molar-refractivity contribution in [2.45, 2.75) is 59.5 Å². The maximum absolute atomic E-state index is 11.9. The minimum atomic E-state index is -0.390. The van der Waals surface area contributed by atoms with Gasteiger partial charge in [0.05, 0.1) is 5.92 Å². The van der Waals surface area contributed by atoms with E-state index in [1.54, 1.807) is 0 Å². The van der Waals surface area contributed by atoms with Crippen LogP contribution in [-0.4, -0.2) is 11.6 Å². The summed E-state index contributed by atoms with van der Waals surface area (Å²) in [5.74, 6) is 0.418.